The molecular formula is C18H19FO. The van der Waals surface area contributed by atoms with Gasteiger partial charge in [-0.25, -0.2) is 4.39 Å². The Bertz CT molecular complexity index is 554. The van der Waals surface area contributed by atoms with Gasteiger partial charge in [-0.2, -0.15) is 0 Å². The zero-order valence-corrected chi connectivity index (χ0v) is 11.4. The normalized spacial score (nSPS) is 26.4. The zero-order valence-electron chi connectivity index (χ0n) is 11.4. The molecule has 0 aliphatic heterocycles. The van der Waals surface area contributed by atoms with Gasteiger partial charge in [0.2, 0.25) is 0 Å². The van der Waals surface area contributed by atoms with Gasteiger partial charge in [-0.15, -0.1) is 0 Å². The molecular weight excluding hydrogens is 251 g/mol. The Morgan fingerprint density at radius 3 is 2.10 bits per heavy atom. The lowest BCUT2D eigenvalue weighted by Crippen LogP contribution is -2.30. The Morgan fingerprint density at radius 1 is 0.900 bits per heavy atom. The van der Waals surface area contributed by atoms with Crippen molar-refractivity contribution in [2.24, 2.45) is 0 Å². The molecule has 1 saturated carbocycles. The first kappa shape index (κ1) is 13.3. The summed E-state index contributed by atoms with van der Waals surface area (Å²) in [7, 11) is 0. The average molecular weight is 270 g/mol. The lowest BCUT2D eigenvalue weighted by atomic mass is 9.73. The monoisotopic (exact) mass is 270 g/mol. The van der Waals surface area contributed by atoms with Gasteiger partial charge in [0.25, 0.3) is 0 Å². The molecule has 0 atom stereocenters. The van der Waals surface area contributed by atoms with Crippen molar-refractivity contribution in [3.63, 3.8) is 0 Å². The van der Waals surface area contributed by atoms with Crippen LogP contribution in [0.25, 0.3) is 0 Å². The maximum absolute atomic E-state index is 13.0. The summed E-state index contributed by atoms with van der Waals surface area (Å²) in [5, 5.41) is 10.8. The molecule has 0 spiro atoms. The molecule has 0 aromatic heterocycles. The lowest BCUT2D eigenvalue weighted by molar-refractivity contribution is -0.00570. The predicted molar refractivity (Wildman–Crippen MR) is 77.9 cm³/mol. The summed E-state index contributed by atoms with van der Waals surface area (Å²) in [5.74, 6) is 0.271. The molecule has 0 heterocycles. The van der Waals surface area contributed by atoms with Gasteiger partial charge in [-0.1, -0.05) is 42.5 Å². The fourth-order valence-electron chi connectivity index (χ4n) is 3.20. The molecule has 2 aromatic carbocycles. The first-order chi connectivity index (χ1) is 9.67. The molecule has 1 nitrogen and oxygen atoms in total. The molecule has 20 heavy (non-hydrogen) atoms. The molecule has 104 valence electrons. The first-order valence-electron chi connectivity index (χ1n) is 7.21. The molecule has 2 aromatic rings. The van der Waals surface area contributed by atoms with Crippen LogP contribution in [-0.2, 0) is 5.60 Å². The lowest BCUT2D eigenvalue weighted by Gasteiger charge is -2.36. The summed E-state index contributed by atoms with van der Waals surface area (Å²) in [6.07, 6.45) is 3.41. The maximum atomic E-state index is 13.0. The highest BCUT2D eigenvalue weighted by Gasteiger charge is 2.35. The third-order valence-corrected chi connectivity index (χ3v) is 4.47. The van der Waals surface area contributed by atoms with Crippen LogP contribution in [-0.4, -0.2) is 5.11 Å². The molecule has 3 rings (SSSR count). The first-order valence-corrected chi connectivity index (χ1v) is 7.21. The smallest absolute Gasteiger partial charge is 0.123 e. The van der Waals surface area contributed by atoms with E-state index in [0.717, 1.165) is 31.2 Å². The molecule has 2 heteroatoms. The van der Waals surface area contributed by atoms with Crippen LogP contribution in [0.2, 0.25) is 0 Å². The van der Waals surface area contributed by atoms with Gasteiger partial charge >= 0.3 is 0 Å². The number of rotatable bonds is 2. The minimum absolute atomic E-state index is 0.254. The van der Waals surface area contributed by atoms with Gasteiger partial charge in [0.05, 0.1) is 5.60 Å². The second kappa shape index (κ2) is 5.37. The molecule has 1 aliphatic carbocycles. The van der Waals surface area contributed by atoms with E-state index >= 15 is 0 Å². The second-order valence-electron chi connectivity index (χ2n) is 5.72. The van der Waals surface area contributed by atoms with Gasteiger partial charge in [-0.3, -0.25) is 0 Å². The third kappa shape index (κ3) is 2.61. The Balaban J connectivity index is 1.73. The van der Waals surface area contributed by atoms with E-state index in [4.69, 9.17) is 0 Å². The van der Waals surface area contributed by atoms with E-state index in [9.17, 15) is 9.50 Å². The number of benzene rings is 2. The second-order valence-corrected chi connectivity index (χ2v) is 5.72. The van der Waals surface area contributed by atoms with Crippen molar-refractivity contribution in [2.45, 2.75) is 37.2 Å². The van der Waals surface area contributed by atoms with Crippen LogP contribution in [0, 0.1) is 5.82 Å². The predicted octanol–water partition coefficient (Wildman–Crippen LogP) is 4.37. The number of hydrogen-bond donors (Lipinski definition) is 1. The van der Waals surface area contributed by atoms with Crippen molar-refractivity contribution in [1.29, 1.82) is 0 Å². The van der Waals surface area contributed by atoms with E-state index in [1.165, 1.54) is 17.7 Å². The van der Waals surface area contributed by atoms with Crippen molar-refractivity contribution in [2.75, 3.05) is 0 Å². The minimum Gasteiger partial charge on any atom is -0.385 e. The Morgan fingerprint density at radius 2 is 1.50 bits per heavy atom. The zero-order chi connectivity index (χ0) is 14.0. The molecule has 0 radical (unpaired) electrons. The van der Waals surface area contributed by atoms with Crippen LogP contribution >= 0.6 is 0 Å². The minimum atomic E-state index is -0.793. The molecule has 0 unspecified atom stereocenters. The van der Waals surface area contributed by atoms with Gasteiger partial charge in [0.1, 0.15) is 5.82 Å². The topological polar surface area (TPSA) is 20.2 Å². The van der Waals surface area contributed by atoms with Crippen molar-refractivity contribution in [3.8, 4) is 0 Å². The molecule has 1 aliphatic rings. The van der Waals surface area contributed by atoms with Gasteiger partial charge in [-0.05, 0) is 54.9 Å². The maximum Gasteiger partial charge on any atom is 0.123 e. The highest BCUT2D eigenvalue weighted by Crippen LogP contribution is 2.43. The van der Waals surface area contributed by atoms with Crippen molar-refractivity contribution < 1.29 is 9.50 Å². The summed E-state index contributed by atoms with van der Waals surface area (Å²) in [6, 6.07) is 16.7. The van der Waals surface area contributed by atoms with Gasteiger partial charge in [0.15, 0.2) is 0 Å². The Labute approximate surface area is 119 Å². The molecule has 0 saturated heterocycles. The van der Waals surface area contributed by atoms with Gasteiger partial charge < -0.3 is 5.11 Å². The van der Waals surface area contributed by atoms with E-state index in [-0.39, 0.29) is 5.82 Å². The molecule has 1 N–H and O–H groups in total. The van der Waals surface area contributed by atoms with E-state index in [1.807, 2.05) is 6.07 Å². The average Bonchev–Trinajstić information content (AvgIpc) is 2.49. The van der Waals surface area contributed by atoms with Crippen LogP contribution in [0.5, 0.6) is 0 Å². The van der Waals surface area contributed by atoms with Crippen molar-refractivity contribution in [3.05, 3.63) is 71.5 Å². The van der Waals surface area contributed by atoms with Crippen molar-refractivity contribution in [1.82, 2.24) is 0 Å². The van der Waals surface area contributed by atoms with Crippen molar-refractivity contribution >= 4 is 0 Å². The van der Waals surface area contributed by atoms with Gasteiger partial charge in [0, 0.05) is 0 Å². The van der Waals surface area contributed by atoms with Crippen LogP contribution in [0.1, 0.15) is 42.7 Å². The third-order valence-electron chi connectivity index (χ3n) is 4.47. The summed E-state index contributed by atoms with van der Waals surface area (Å²) < 4.78 is 13.0. The molecule has 0 bridgehead atoms. The number of aliphatic hydroxyl groups is 1. The fourth-order valence-corrected chi connectivity index (χ4v) is 3.20. The SMILES string of the molecule is OC1(c2ccc(F)cc2)CCC(c2ccccc2)CC1. The van der Waals surface area contributed by atoms with E-state index in [1.54, 1.807) is 12.1 Å². The standard InChI is InChI=1S/C18H19FO/c19-17-8-6-16(7-9-17)18(20)12-10-15(11-13-18)14-4-2-1-3-5-14/h1-9,15,20H,10-13H2. The van der Waals surface area contributed by atoms with Crippen LogP contribution in [0.3, 0.4) is 0 Å². The Hall–Kier alpha value is -1.67. The highest BCUT2D eigenvalue weighted by molar-refractivity contribution is 5.26. The quantitative estimate of drug-likeness (QED) is 0.859. The fraction of sp³-hybridized carbons (Fsp3) is 0.333. The summed E-state index contributed by atoms with van der Waals surface area (Å²) in [6.45, 7) is 0. The molecule has 1 fully saturated rings. The number of halogens is 1. The summed E-state index contributed by atoms with van der Waals surface area (Å²) in [5.41, 5.74) is 1.40. The largest absolute Gasteiger partial charge is 0.385 e. The van der Waals surface area contributed by atoms with Crippen LogP contribution < -0.4 is 0 Å². The van der Waals surface area contributed by atoms with E-state index in [2.05, 4.69) is 24.3 Å². The summed E-state index contributed by atoms with van der Waals surface area (Å²) >= 11 is 0. The summed E-state index contributed by atoms with van der Waals surface area (Å²) in [4.78, 5) is 0. The van der Waals surface area contributed by atoms with E-state index < -0.39 is 5.60 Å². The number of hydrogen-bond acceptors (Lipinski definition) is 1. The Kier molecular flexibility index (Phi) is 3.58. The van der Waals surface area contributed by atoms with E-state index in [0.29, 0.717) is 5.92 Å². The van der Waals surface area contributed by atoms with Crippen LogP contribution in [0.4, 0.5) is 4.39 Å². The highest BCUT2D eigenvalue weighted by atomic mass is 19.1. The van der Waals surface area contributed by atoms with Crippen LogP contribution in [0.15, 0.2) is 54.6 Å². The molecule has 0 amide bonds.